The fourth-order valence-electron chi connectivity index (χ4n) is 2.00. The van der Waals surface area contributed by atoms with Crippen molar-refractivity contribution in [1.82, 2.24) is 15.1 Å². The van der Waals surface area contributed by atoms with Crippen LogP contribution in [0.5, 0.6) is 0 Å². The zero-order valence-corrected chi connectivity index (χ0v) is 8.16. The van der Waals surface area contributed by atoms with Crippen LogP contribution in [0, 0.1) is 5.92 Å². The minimum absolute atomic E-state index is 0.866. The second-order valence-corrected chi connectivity index (χ2v) is 3.92. The van der Waals surface area contributed by atoms with E-state index in [-0.39, 0.29) is 0 Å². The molecular formula is C10H17N3. The molecule has 3 heteroatoms. The van der Waals surface area contributed by atoms with E-state index in [9.17, 15) is 0 Å². The summed E-state index contributed by atoms with van der Waals surface area (Å²) in [7, 11) is 1.98. The second-order valence-electron chi connectivity index (χ2n) is 3.92. The molecule has 13 heavy (non-hydrogen) atoms. The molecule has 0 amide bonds. The van der Waals surface area contributed by atoms with Crippen LogP contribution in [0.15, 0.2) is 12.4 Å². The summed E-state index contributed by atoms with van der Waals surface area (Å²) in [6.07, 6.45) is 7.95. The highest BCUT2D eigenvalue weighted by Crippen LogP contribution is 2.17. The first kappa shape index (κ1) is 8.75. The molecule has 0 unspecified atom stereocenters. The molecule has 0 saturated carbocycles. The van der Waals surface area contributed by atoms with Gasteiger partial charge in [-0.15, -0.1) is 0 Å². The topological polar surface area (TPSA) is 29.9 Å². The first-order valence-corrected chi connectivity index (χ1v) is 5.03. The summed E-state index contributed by atoms with van der Waals surface area (Å²) < 4.78 is 1.89. The molecule has 0 bridgehead atoms. The van der Waals surface area contributed by atoms with Crippen LogP contribution in [0.2, 0.25) is 0 Å². The molecule has 1 aliphatic heterocycles. The monoisotopic (exact) mass is 179 g/mol. The minimum atomic E-state index is 0.866. The summed E-state index contributed by atoms with van der Waals surface area (Å²) in [5.41, 5.74) is 1.38. The molecule has 0 aromatic carbocycles. The van der Waals surface area contributed by atoms with Crippen molar-refractivity contribution in [2.45, 2.75) is 19.3 Å². The number of hydrogen-bond acceptors (Lipinski definition) is 2. The van der Waals surface area contributed by atoms with Gasteiger partial charge < -0.3 is 5.32 Å². The van der Waals surface area contributed by atoms with Crippen LogP contribution in [0.4, 0.5) is 0 Å². The Balaban J connectivity index is 1.89. The third kappa shape index (κ3) is 2.31. The Hall–Kier alpha value is -0.830. The van der Waals surface area contributed by atoms with Crippen molar-refractivity contribution in [1.29, 1.82) is 0 Å². The molecule has 1 aromatic rings. The average molecular weight is 179 g/mol. The number of hydrogen-bond donors (Lipinski definition) is 1. The zero-order chi connectivity index (χ0) is 9.10. The van der Waals surface area contributed by atoms with Crippen molar-refractivity contribution >= 4 is 0 Å². The quantitative estimate of drug-likeness (QED) is 0.733. The maximum Gasteiger partial charge on any atom is 0.0521 e. The Kier molecular flexibility index (Phi) is 2.64. The standard InChI is InChI=1S/C10H17N3/c1-13-8-10(7-12-13)6-9-2-4-11-5-3-9/h7-9,11H,2-6H2,1H3. The maximum absolute atomic E-state index is 4.18. The van der Waals surface area contributed by atoms with Crippen LogP contribution in [0.25, 0.3) is 0 Å². The lowest BCUT2D eigenvalue weighted by molar-refractivity contribution is 0.372. The lowest BCUT2D eigenvalue weighted by atomic mass is 9.92. The summed E-state index contributed by atoms with van der Waals surface area (Å²) in [6.45, 7) is 2.37. The molecule has 0 spiro atoms. The largest absolute Gasteiger partial charge is 0.317 e. The van der Waals surface area contributed by atoms with Gasteiger partial charge in [0.05, 0.1) is 6.20 Å². The molecule has 72 valence electrons. The van der Waals surface area contributed by atoms with E-state index in [1.54, 1.807) is 0 Å². The van der Waals surface area contributed by atoms with Crippen molar-refractivity contribution in [3.05, 3.63) is 18.0 Å². The fourth-order valence-corrected chi connectivity index (χ4v) is 2.00. The van der Waals surface area contributed by atoms with E-state index in [1.807, 2.05) is 17.9 Å². The van der Waals surface area contributed by atoms with Gasteiger partial charge in [0.1, 0.15) is 0 Å². The molecule has 1 N–H and O–H groups in total. The van der Waals surface area contributed by atoms with Crippen molar-refractivity contribution < 1.29 is 0 Å². The van der Waals surface area contributed by atoms with Crippen LogP contribution < -0.4 is 5.32 Å². The smallest absolute Gasteiger partial charge is 0.0521 e. The fraction of sp³-hybridized carbons (Fsp3) is 0.700. The Bertz CT molecular complexity index is 261. The van der Waals surface area contributed by atoms with E-state index in [0.717, 1.165) is 5.92 Å². The summed E-state index contributed by atoms with van der Waals surface area (Å²) in [4.78, 5) is 0. The number of aromatic nitrogens is 2. The van der Waals surface area contributed by atoms with Gasteiger partial charge in [-0.2, -0.15) is 5.10 Å². The van der Waals surface area contributed by atoms with E-state index in [1.165, 1.54) is 37.9 Å². The molecular weight excluding hydrogens is 162 g/mol. The lowest BCUT2D eigenvalue weighted by Gasteiger charge is -2.21. The molecule has 3 nitrogen and oxygen atoms in total. The number of piperidine rings is 1. The molecule has 2 heterocycles. The van der Waals surface area contributed by atoms with E-state index in [2.05, 4.69) is 16.6 Å². The van der Waals surface area contributed by atoms with Gasteiger partial charge in [0.25, 0.3) is 0 Å². The van der Waals surface area contributed by atoms with Crippen molar-refractivity contribution in [2.24, 2.45) is 13.0 Å². The first-order chi connectivity index (χ1) is 6.34. The summed E-state index contributed by atoms with van der Waals surface area (Å²) in [6, 6.07) is 0. The van der Waals surface area contributed by atoms with Crippen LogP contribution in [0.1, 0.15) is 18.4 Å². The highest BCUT2D eigenvalue weighted by Gasteiger charge is 2.13. The average Bonchev–Trinajstić information content (AvgIpc) is 2.53. The van der Waals surface area contributed by atoms with Gasteiger partial charge in [0.15, 0.2) is 0 Å². The van der Waals surface area contributed by atoms with Gasteiger partial charge in [-0.3, -0.25) is 4.68 Å². The molecule has 1 aliphatic rings. The Morgan fingerprint density at radius 2 is 2.31 bits per heavy atom. The van der Waals surface area contributed by atoms with E-state index < -0.39 is 0 Å². The molecule has 1 aromatic heterocycles. The Labute approximate surface area is 79.1 Å². The molecule has 0 atom stereocenters. The van der Waals surface area contributed by atoms with Crippen molar-refractivity contribution in [3.63, 3.8) is 0 Å². The number of nitrogens with one attached hydrogen (secondary N) is 1. The van der Waals surface area contributed by atoms with Crippen LogP contribution in [-0.4, -0.2) is 22.9 Å². The summed E-state index contributed by atoms with van der Waals surface area (Å²) >= 11 is 0. The lowest BCUT2D eigenvalue weighted by Crippen LogP contribution is -2.28. The molecule has 2 rings (SSSR count). The SMILES string of the molecule is Cn1cc(CC2CCNCC2)cn1. The van der Waals surface area contributed by atoms with Crippen molar-refractivity contribution in [2.75, 3.05) is 13.1 Å². The minimum Gasteiger partial charge on any atom is -0.317 e. The Morgan fingerprint density at radius 3 is 2.92 bits per heavy atom. The molecule has 1 saturated heterocycles. The summed E-state index contributed by atoms with van der Waals surface area (Å²) in [5.74, 6) is 0.866. The zero-order valence-electron chi connectivity index (χ0n) is 8.16. The Morgan fingerprint density at radius 1 is 1.54 bits per heavy atom. The predicted molar refractivity (Wildman–Crippen MR) is 52.5 cm³/mol. The van der Waals surface area contributed by atoms with E-state index in [4.69, 9.17) is 0 Å². The van der Waals surface area contributed by atoms with Gasteiger partial charge in [-0.05, 0) is 43.8 Å². The third-order valence-electron chi connectivity index (χ3n) is 2.74. The highest BCUT2D eigenvalue weighted by molar-refractivity contribution is 5.04. The van der Waals surface area contributed by atoms with Gasteiger partial charge >= 0.3 is 0 Å². The number of rotatable bonds is 2. The summed E-state index contributed by atoms with van der Waals surface area (Å²) in [5, 5.41) is 7.57. The molecule has 1 fully saturated rings. The van der Waals surface area contributed by atoms with Crippen LogP contribution in [-0.2, 0) is 13.5 Å². The van der Waals surface area contributed by atoms with Gasteiger partial charge in [-0.25, -0.2) is 0 Å². The predicted octanol–water partition coefficient (Wildman–Crippen LogP) is 0.962. The van der Waals surface area contributed by atoms with E-state index >= 15 is 0 Å². The normalized spacial score (nSPS) is 19.2. The molecule has 0 aliphatic carbocycles. The number of aryl methyl sites for hydroxylation is 1. The second kappa shape index (κ2) is 3.92. The third-order valence-corrected chi connectivity index (χ3v) is 2.74. The molecule has 0 radical (unpaired) electrons. The van der Waals surface area contributed by atoms with Gasteiger partial charge in [0, 0.05) is 13.2 Å². The maximum atomic E-state index is 4.18. The van der Waals surface area contributed by atoms with Gasteiger partial charge in [0.2, 0.25) is 0 Å². The van der Waals surface area contributed by atoms with Gasteiger partial charge in [-0.1, -0.05) is 0 Å². The number of nitrogens with zero attached hydrogens (tertiary/aromatic N) is 2. The first-order valence-electron chi connectivity index (χ1n) is 5.03. The van der Waals surface area contributed by atoms with E-state index in [0.29, 0.717) is 0 Å². The van der Waals surface area contributed by atoms with Crippen LogP contribution >= 0.6 is 0 Å². The van der Waals surface area contributed by atoms with Crippen molar-refractivity contribution in [3.8, 4) is 0 Å². The highest BCUT2D eigenvalue weighted by atomic mass is 15.2. The van der Waals surface area contributed by atoms with Crippen LogP contribution in [0.3, 0.4) is 0 Å².